The maximum Gasteiger partial charge on any atom is 0.0795 e. The molecular weight excluding hydrogens is 292 g/mol. The number of nitrogens with one attached hydrogen (secondary N) is 1. The van der Waals surface area contributed by atoms with Gasteiger partial charge in [0.2, 0.25) is 0 Å². The molecule has 0 aliphatic carbocycles. The van der Waals surface area contributed by atoms with E-state index in [1.54, 1.807) is 11.3 Å². The number of aromatic nitrogens is 3. The van der Waals surface area contributed by atoms with Gasteiger partial charge in [0.25, 0.3) is 0 Å². The van der Waals surface area contributed by atoms with Crippen LogP contribution in [-0.2, 0) is 13.0 Å². The van der Waals surface area contributed by atoms with E-state index in [-0.39, 0.29) is 0 Å². The second-order valence-electron chi connectivity index (χ2n) is 5.28. The highest BCUT2D eigenvalue weighted by atomic mass is 32.1. The number of benzene rings is 1. The number of hydrogen-bond donors (Lipinski definition) is 1. The molecule has 0 unspecified atom stereocenters. The van der Waals surface area contributed by atoms with Crippen LogP contribution in [0.5, 0.6) is 0 Å². The Morgan fingerprint density at radius 3 is 2.86 bits per heavy atom. The Morgan fingerprint density at radius 1 is 1.23 bits per heavy atom. The molecule has 1 aromatic carbocycles. The van der Waals surface area contributed by atoms with E-state index < -0.39 is 0 Å². The van der Waals surface area contributed by atoms with Crippen molar-refractivity contribution < 1.29 is 0 Å². The van der Waals surface area contributed by atoms with Crippen molar-refractivity contribution >= 4 is 11.3 Å². The van der Waals surface area contributed by atoms with Gasteiger partial charge in [-0.15, -0.1) is 11.3 Å². The Labute approximate surface area is 134 Å². The lowest BCUT2D eigenvalue weighted by Gasteiger charge is -2.02. The molecule has 22 heavy (non-hydrogen) atoms. The predicted molar refractivity (Wildman–Crippen MR) is 90.4 cm³/mol. The third kappa shape index (κ3) is 3.81. The van der Waals surface area contributed by atoms with E-state index in [0.717, 1.165) is 43.0 Å². The molecule has 2 aromatic heterocycles. The van der Waals surface area contributed by atoms with E-state index >= 15 is 0 Å². The van der Waals surface area contributed by atoms with E-state index in [0.29, 0.717) is 0 Å². The summed E-state index contributed by atoms with van der Waals surface area (Å²) >= 11 is 1.64. The van der Waals surface area contributed by atoms with E-state index in [1.807, 2.05) is 28.4 Å². The number of rotatable bonds is 7. The summed E-state index contributed by atoms with van der Waals surface area (Å²) in [5.41, 5.74) is 6.54. The monoisotopic (exact) mass is 312 g/mol. The van der Waals surface area contributed by atoms with Gasteiger partial charge in [-0.3, -0.25) is 0 Å². The third-order valence-electron chi connectivity index (χ3n) is 3.61. The van der Waals surface area contributed by atoms with Crippen LogP contribution in [0.1, 0.15) is 23.4 Å². The van der Waals surface area contributed by atoms with Crippen molar-refractivity contribution in [3.63, 3.8) is 0 Å². The summed E-state index contributed by atoms with van der Waals surface area (Å²) < 4.78 is 1.97. The molecule has 5 heteroatoms. The van der Waals surface area contributed by atoms with Crippen LogP contribution in [0.3, 0.4) is 0 Å². The molecule has 0 fully saturated rings. The van der Waals surface area contributed by atoms with Gasteiger partial charge >= 0.3 is 0 Å². The molecule has 0 spiro atoms. The zero-order valence-corrected chi connectivity index (χ0v) is 13.5. The van der Waals surface area contributed by atoms with Crippen LogP contribution < -0.4 is 5.32 Å². The minimum Gasteiger partial charge on any atom is -0.311 e. The highest BCUT2D eigenvalue weighted by Crippen LogP contribution is 2.13. The quantitative estimate of drug-likeness (QED) is 0.680. The van der Waals surface area contributed by atoms with Crippen LogP contribution in [0.25, 0.3) is 5.69 Å². The third-order valence-corrected chi connectivity index (χ3v) is 4.25. The van der Waals surface area contributed by atoms with Gasteiger partial charge in [-0.2, -0.15) is 5.10 Å². The Balaban J connectivity index is 1.49. The van der Waals surface area contributed by atoms with E-state index in [4.69, 9.17) is 0 Å². The fraction of sp³-hybridized carbons (Fsp3) is 0.294. The molecule has 0 bridgehead atoms. The smallest absolute Gasteiger partial charge is 0.0795 e. The molecule has 0 radical (unpaired) electrons. The van der Waals surface area contributed by atoms with E-state index in [1.165, 1.54) is 5.56 Å². The first-order chi connectivity index (χ1) is 10.8. The summed E-state index contributed by atoms with van der Waals surface area (Å²) in [6.45, 7) is 3.93. The second-order valence-corrected chi connectivity index (χ2v) is 6.00. The largest absolute Gasteiger partial charge is 0.311 e. The van der Waals surface area contributed by atoms with E-state index in [2.05, 4.69) is 46.0 Å². The van der Waals surface area contributed by atoms with Crippen LogP contribution in [0.4, 0.5) is 0 Å². The predicted octanol–water partition coefficient (Wildman–Crippen LogP) is 3.36. The number of thiazole rings is 1. The van der Waals surface area contributed by atoms with Crippen molar-refractivity contribution in [2.75, 3.05) is 6.54 Å². The molecule has 3 aromatic rings. The molecule has 114 valence electrons. The minimum atomic E-state index is 0.853. The molecule has 0 aliphatic rings. The average Bonchev–Trinajstić information content (AvgIpc) is 3.18. The molecule has 0 atom stereocenters. The van der Waals surface area contributed by atoms with Crippen molar-refractivity contribution in [2.24, 2.45) is 0 Å². The fourth-order valence-electron chi connectivity index (χ4n) is 2.40. The Hall–Kier alpha value is -1.98. The molecule has 0 aliphatic heterocycles. The van der Waals surface area contributed by atoms with Crippen molar-refractivity contribution in [2.45, 2.75) is 26.3 Å². The zero-order valence-electron chi connectivity index (χ0n) is 12.7. The summed E-state index contributed by atoms with van der Waals surface area (Å²) in [7, 11) is 0. The topological polar surface area (TPSA) is 42.7 Å². The van der Waals surface area contributed by atoms with Crippen LogP contribution in [0.2, 0.25) is 0 Å². The highest BCUT2D eigenvalue weighted by molar-refractivity contribution is 7.07. The van der Waals surface area contributed by atoms with Gasteiger partial charge in [0.1, 0.15) is 0 Å². The van der Waals surface area contributed by atoms with Crippen LogP contribution in [0.15, 0.2) is 47.4 Å². The Morgan fingerprint density at radius 2 is 2.09 bits per heavy atom. The van der Waals surface area contributed by atoms with Gasteiger partial charge in [0, 0.05) is 18.1 Å². The maximum atomic E-state index is 4.61. The van der Waals surface area contributed by atoms with Gasteiger partial charge < -0.3 is 5.32 Å². The molecular formula is C17H20N4S. The summed E-state index contributed by atoms with van der Waals surface area (Å²) in [5, 5.41) is 10.1. The van der Waals surface area contributed by atoms with Crippen molar-refractivity contribution in [1.29, 1.82) is 0 Å². The fourth-order valence-corrected chi connectivity index (χ4v) is 2.96. The first kappa shape index (κ1) is 14.9. The number of aryl methyl sites for hydroxylation is 2. The first-order valence-corrected chi connectivity index (χ1v) is 8.45. The van der Waals surface area contributed by atoms with Gasteiger partial charge in [-0.1, -0.05) is 18.2 Å². The van der Waals surface area contributed by atoms with Crippen molar-refractivity contribution in [3.8, 4) is 5.69 Å². The maximum absolute atomic E-state index is 4.61. The van der Waals surface area contributed by atoms with Gasteiger partial charge in [-0.05, 0) is 44.0 Å². The standard InChI is InChI=1S/C17H20N4S/c1-14-15(6-5-9-18-10-16-12-22-13-19-16)11-21(20-14)17-7-3-2-4-8-17/h2-4,7-8,11-13,18H,5-6,9-10H2,1H3. The number of para-hydroxylation sites is 1. The number of nitrogens with zero attached hydrogens (tertiary/aromatic N) is 3. The summed E-state index contributed by atoms with van der Waals surface area (Å²) in [4.78, 5) is 4.27. The number of hydrogen-bond acceptors (Lipinski definition) is 4. The molecule has 0 saturated carbocycles. The summed E-state index contributed by atoms with van der Waals surface area (Å²) in [6, 6.07) is 10.2. The zero-order chi connectivity index (χ0) is 15.2. The first-order valence-electron chi connectivity index (χ1n) is 7.51. The Kier molecular flexibility index (Phi) is 4.98. The van der Waals surface area contributed by atoms with Gasteiger partial charge in [0.05, 0.1) is 22.6 Å². The van der Waals surface area contributed by atoms with Gasteiger partial charge in [0.15, 0.2) is 0 Å². The molecule has 1 N–H and O–H groups in total. The highest BCUT2D eigenvalue weighted by Gasteiger charge is 2.06. The molecule has 0 amide bonds. The lowest BCUT2D eigenvalue weighted by Crippen LogP contribution is -2.15. The SMILES string of the molecule is Cc1nn(-c2ccccc2)cc1CCCNCc1cscn1. The van der Waals surface area contributed by atoms with Crippen LogP contribution in [0, 0.1) is 6.92 Å². The lowest BCUT2D eigenvalue weighted by atomic mass is 10.1. The van der Waals surface area contributed by atoms with E-state index in [9.17, 15) is 0 Å². The molecule has 0 saturated heterocycles. The van der Waals surface area contributed by atoms with Gasteiger partial charge in [-0.25, -0.2) is 9.67 Å². The second kappa shape index (κ2) is 7.33. The molecule has 2 heterocycles. The minimum absolute atomic E-state index is 0.853. The van der Waals surface area contributed by atoms with Crippen LogP contribution in [-0.4, -0.2) is 21.3 Å². The Bertz CT molecular complexity index is 689. The van der Waals surface area contributed by atoms with Crippen LogP contribution >= 0.6 is 11.3 Å². The molecule has 3 rings (SSSR count). The van der Waals surface area contributed by atoms with Crippen molar-refractivity contribution in [1.82, 2.24) is 20.1 Å². The average molecular weight is 312 g/mol. The lowest BCUT2D eigenvalue weighted by molar-refractivity contribution is 0.642. The van der Waals surface area contributed by atoms with Crippen molar-refractivity contribution in [3.05, 3.63) is 64.4 Å². The summed E-state index contributed by atoms with van der Waals surface area (Å²) in [5.74, 6) is 0. The molecule has 4 nitrogen and oxygen atoms in total. The normalized spacial score (nSPS) is 11.0. The summed E-state index contributed by atoms with van der Waals surface area (Å²) in [6.07, 6.45) is 4.29.